The van der Waals surface area contributed by atoms with Gasteiger partial charge < -0.3 is 24.1 Å². The number of piperidine rings is 1. The summed E-state index contributed by atoms with van der Waals surface area (Å²) in [6.07, 6.45) is 4.09. The number of nitrogens with zero attached hydrogens (tertiary/aromatic N) is 1. The number of anilines is 1. The molecule has 1 fully saturated rings. The summed E-state index contributed by atoms with van der Waals surface area (Å²) in [5, 5.41) is 20.3. The Morgan fingerprint density at radius 1 is 1.36 bits per heavy atom. The van der Waals surface area contributed by atoms with E-state index in [0.29, 0.717) is 11.6 Å². The van der Waals surface area contributed by atoms with E-state index in [1.54, 1.807) is 34.0 Å². The van der Waals surface area contributed by atoms with Crippen molar-refractivity contribution in [3.8, 4) is 0 Å². The summed E-state index contributed by atoms with van der Waals surface area (Å²) >= 11 is 0. The molecule has 2 rings (SSSR count). The van der Waals surface area contributed by atoms with E-state index in [1.807, 2.05) is 6.07 Å². The van der Waals surface area contributed by atoms with Crippen molar-refractivity contribution in [3.63, 3.8) is 0 Å². The molecule has 0 aromatic carbocycles. The fraction of sp³-hybridized carbons (Fsp3) is 0.750. The highest BCUT2D eigenvalue weighted by atomic mass is 16.6. The van der Waals surface area contributed by atoms with Crippen LogP contribution in [-0.2, 0) is 4.65 Å². The molecule has 0 bridgehead atoms. The summed E-state index contributed by atoms with van der Waals surface area (Å²) in [5.41, 5.74) is -0.638. The Kier molecular flexibility index (Phi) is 4.95. The number of aliphatic hydroxyl groups is 1. The second-order valence-corrected chi connectivity index (χ2v) is 7.44. The van der Waals surface area contributed by atoms with Crippen molar-refractivity contribution in [1.82, 2.24) is 0 Å². The molecule has 5 nitrogen and oxygen atoms in total. The van der Waals surface area contributed by atoms with Gasteiger partial charge in [0.15, 0.2) is 0 Å². The third-order valence-electron chi connectivity index (χ3n) is 4.75. The fourth-order valence-corrected chi connectivity index (χ4v) is 2.54. The summed E-state index contributed by atoms with van der Waals surface area (Å²) in [7, 11) is -1.20. The second kappa shape index (κ2) is 6.26. The van der Waals surface area contributed by atoms with Crippen LogP contribution >= 0.6 is 0 Å². The van der Waals surface area contributed by atoms with Crippen LogP contribution < -0.4 is 10.6 Å². The highest BCUT2D eigenvalue weighted by Crippen LogP contribution is 2.26. The lowest BCUT2D eigenvalue weighted by molar-refractivity contribution is -0.0986. The highest BCUT2D eigenvalue weighted by Gasteiger charge is 2.40. The average molecular weight is 309 g/mol. The van der Waals surface area contributed by atoms with Crippen molar-refractivity contribution in [1.29, 1.82) is 0 Å². The Balaban J connectivity index is 2.04. The first-order valence-electron chi connectivity index (χ1n) is 8.02. The quantitative estimate of drug-likeness (QED) is 0.812. The SMILES string of the molecule is CC1CCCN(c2coc(B(O)OC(C)(C)C(C)(C)O)c2)C1. The van der Waals surface area contributed by atoms with Crippen molar-refractivity contribution in [2.75, 3.05) is 18.0 Å². The van der Waals surface area contributed by atoms with Gasteiger partial charge in [0.05, 0.1) is 16.9 Å². The van der Waals surface area contributed by atoms with Gasteiger partial charge in [0, 0.05) is 13.1 Å². The van der Waals surface area contributed by atoms with Gasteiger partial charge in [-0.1, -0.05) is 6.92 Å². The third kappa shape index (κ3) is 3.86. The standard InChI is InChI=1S/C16H28BNO4/c1-12-7-6-8-18(10-12)13-9-14(21-11-13)17(20)22-16(4,5)15(2,3)19/h9,11-12,19-20H,6-8,10H2,1-5H3. The molecule has 2 N–H and O–H groups in total. The van der Waals surface area contributed by atoms with Crippen LogP contribution in [0.2, 0.25) is 0 Å². The Morgan fingerprint density at radius 2 is 2.05 bits per heavy atom. The average Bonchev–Trinajstić information content (AvgIpc) is 2.86. The summed E-state index contributed by atoms with van der Waals surface area (Å²) in [6, 6.07) is 1.82. The molecular weight excluding hydrogens is 281 g/mol. The fourth-order valence-electron chi connectivity index (χ4n) is 2.54. The maximum Gasteiger partial charge on any atom is 0.529 e. The molecule has 0 aliphatic carbocycles. The molecule has 1 aromatic heterocycles. The van der Waals surface area contributed by atoms with Crippen LogP contribution in [0.1, 0.15) is 47.5 Å². The molecule has 0 saturated carbocycles. The highest BCUT2D eigenvalue weighted by molar-refractivity contribution is 6.58. The lowest BCUT2D eigenvalue weighted by atomic mass is 9.81. The van der Waals surface area contributed by atoms with Gasteiger partial charge in [0.1, 0.15) is 11.9 Å². The predicted molar refractivity (Wildman–Crippen MR) is 88.4 cm³/mol. The third-order valence-corrected chi connectivity index (χ3v) is 4.75. The van der Waals surface area contributed by atoms with Crippen molar-refractivity contribution in [2.45, 2.75) is 58.7 Å². The normalized spacial score (nSPS) is 20.3. The first-order chi connectivity index (χ1) is 10.1. The van der Waals surface area contributed by atoms with E-state index in [9.17, 15) is 10.1 Å². The zero-order chi connectivity index (χ0) is 16.5. The predicted octanol–water partition coefficient (Wildman–Crippen LogP) is 1.77. The number of furan rings is 1. The Hall–Kier alpha value is -0.975. The Morgan fingerprint density at radius 3 is 2.64 bits per heavy atom. The molecule has 0 spiro atoms. The van der Waals surface area contributed by atoms with Crippen molar-refractivity contribution in [2.24, 2.45) is 5.92 Å². The van der Waals surface area contributed by atoms with Crippen molar-refractivity contribution >= 4 is 18.5 Å². The number of hydrogen-bond acceptors (Lipinski definition) is 5. The first kappa shape index (κ1) is 17.4. The van der Waals surface area contributed by atoms with E-state index in [0.717, 1.165) is 18.8 Å². The lowest BCUT2D eigenvalue weighted by Crippen LogP contribution is -2.53. The molecule has 1 saturated heterocycles. The molecule has 6 heteroatoms. The molecular formula is C16H28BNO4. The maximum atomic E-state index is 10.2. The molecule has 2 heterocycles. The van der Waals surface area contributed by atoms with Gasteiger partial charge in [0.2, 0.25) is 0 Å². The molecule has 1 aliphatic heterocycles. The molecule has 1 aliphatic rings. The van der Waals surface area contributed by atoms with Crippen LogP contribution in [0.25, 0.3) is 0 Å². The van der Waals surface area contributed by atoms with E-state index < -0.39 is 18.3 Å². The topological polar surface area (TPSA) is 66.1 Å². The summed E-state index contributed by atoms with van der Waals surface area (Å²) < 4.78 is 11.1. The van der Waals surface area contributed by atoms with E-state index in [-0.39, 0.29) is 0 Å². The van der Waals surface area contributed by atoms with E-state index in [1.165, 1.54) is 12.8 Å². The van der Waals surface area contributed by atoms with Gasteiger partial charge in [-0.15, -0.1) is 0 Å². The summed E-state index contributed by atoms with van der Waals surface area (Å²) in [6.45, 7) is 11.1. The largest absolute Gasteiger partial charge is 0.529 e. The number of rotatable bonds is 5. The van der Waals surface area contributed by atoms with Gasteiger partial charge in [-0.05, 0) is 52.5 Å². The monoisotopic (exact) mass is 309 g/mol. The van der Waals surface area contributed by atoms with Gasteiger partial charge >= 0.3 is 7.12 Å². The van der Waals surface area contributed by atoms with Crippen molar-refractivity contribution < 1.29 is 19.2 Å². The maximum absolute atomic E-state index is 10.2. The first-order valence-corrected chi connectivity index (χ1v) is 8.02. The van der Waals surface area contributed by atoms with Crippen LogP contribution in [0.15, 0.2) is 16.7 Å². The molecule has 1 unspecified atom stereocenters. The molecule has 0 radical (unpaired) electrons. The molecule has 0 amide bonds. The van der Waals surface area contributed by atoms with Gasteiger partial charge in [-0.25, -0.2) is 0 Å². The Bertz CT molecular complexity index is 495. The summed E-state index contributed by atoms with van der Waals surface area (Å²) in [4.78, 5) is 2.27. The van der Waals surface area contributed by atoms with Crippen molar-refractivity contribution in [3.05, 3.63) is 12.3 Å². The minimum atomic E-state index is -1.20. The smallest absolute Gasteiger partial charge is 0.471 e. The molecule has 124 valence electrons. The van der Waals surface area contributed by atoms with Crippen LogP contribution in [-0.4, -0.2) is 41.5 Å². The molecule has 1 atom stereocenters. The zero-order valence-electron chi connectivity index (χ0n) is 14.3. The second-order valence-electron chi connectivity index (χ2n) is 7.44. The Labute approximate surface area is 133 Å². The zero-order valence-corrected chi connectivity index (χ0v) is 14.3. The van der Waals surface area contributed by atoms with Crippen LogP contribution in [0.5, 0.6) is 0 Å². The van der Waals surface area contributed by atoms with Gasteiger partial charge in [0.25, 0.3) is 0 Å². The lowest BCUT2D eigenvalue weighted by Gasteiger charge is -2.38. The van der Waals surface area contributed by atoms with E-state index in [2.05, 4.69) is 11.8 Å². The minimum absolute atomic E-state index is 0.366. The molecule has 22 heavy (non-hydrogen) atoms. The summed E-state index contributed by atoms with van der Waals surface area (Å²) in [5.74, 6) is 0.669. The van der Waals surface area contributed by atoms with Crippen LogP contribution in [0.4, 0.5) is 5.69 Å². The van der Waals surface area contributed by atoms with Crippen LogP contribution in [0.3, 0.4) is 0 Å². The molecule has 1 aromatic rings. The van der Waals surface area contributed by atoms with E-state index >= 15 is 0 Å². The van der Waals surface area contributed by atoms with E-state index in [4.69, 9.17) is 9.07 Å². The number of hydrogen-bond donors (Lipinski definition) is 2. The van der Waals surface area contributed by atoms with Crippen LogP contribution in [0, 0.1) is 5.92 Å². The minimum Gasteiger partial charge on any atom is -0.471 e. The van der Waals surface area contributed by atoms with Gasteiger partial charge in [-0.3, -0.25) is 0 Å². The van der Waals surface area contributed by atoms with Gasteiger partial charge in [-0.2, -0.15) is 0 Å².